The van der Waals surface area contributed by atoms with Gasteiger partial charge in [0, 0.05) is 6.54 Å². The molecule has 1 aliphatic rings. The van der Waals surface area contributed by atoms with Crippen molar-refractivity contribution < 1.29 is 23.1 Å². The number of nitrogens with one attached hydrogen (secondary N) is 1. The number of carbonyl (C=O) groups excluding carboxylic acids is 1. The first kappa shape index (κ1) is 15.4. The third-order valence-electron chi connectivity index (χ3n) is 3.50. The van der Waals surface area contributed by atoms with Gasteiger partial charge in [-0.2, -0.15) is 0 Å². The quantitative estimate of drug-likeness (QED) is 0.831. The van der Waals surface area contributed by atoms with Crippen molar-refractivity contribution in [1.29, 1.82) is 0 Å². The number of aromatic carboxylic acids is 1. The summed E-state index contributed by atoms with van der Waals surface area (Å²) in [6.07, 6.45) is 1.17. The molecule has 1 aliphatic heterocycles. The molecule has 0 aliphatic carbocycles. The lowest BCUT2D eigenvalue weighted by atomic mass is 10.2. The molecule has 2 rings (SSSR count). The van der Waals surface area contributed by atoms with Crippen LogP contribution in [0.4, 0.5) is 0 Å². The SMILES string of the molecule is Cc1nc(C(=O)NCC2CCCS2(=O)=O)ccc1C(=O)O. The van der Waals surface area contributed by atoms with Gasteiger partial charge in [0.15, 0.2) is 9.84 Å². The van der Waals surface area contributed by atoms with Crippen LogP contribution in [0.3, 0.4) is 0 Å². The maximum atomic E-state index is 11.9. The van der Waals surface area contributed by atoms with Crippen LogP contribution in [0.15, 0.2) is 12.1 Å². The molecule has 7 nitrogen and oxygen atoms in total. The largest absolute Gasteiger partial charge is 0.478 e. The molecule has 0 saturated carbocycles. The molecular formula is C13H16N2O5S. The van der Waals surface area contributed by atoms with Crippen molar-refractivity contribution in [1.82, 2.24) is 10.3 Å². The van der Waals surface area contributed by atoms with Gasteiger partial charge in [0.2, 0.25) is 0 Å². The van der Waals surface area contributed by atoms with Gasteiger partial charge in [-0.05, 0) is 31.9 Å². The summed E-state index contributed by atoms with van der Waals surface area (Å²) < 4.78 is 23.3. The maximum Gasteiger partial charge on any atom is 0.337 e. The minimum Gasteiger partial charge on any atom is -0.478 e. The molecule has 1 unspecified atom stereocenters. The Bertz CT molecular complexity index is 684. The van der Waals surface area contributed by atoms with Crippen molar-refractivity contribution in [3.05, 3.63) is 29.1 Å². The van der Waals surface area contributed by atoms with E-state index in [1.54, 1.807) is 0 Å². The second-order valence-electron chi connectivity index (χ2n) is 4.98. The molecule has 114 valence electrons. The van der Waals surface area contributed by atoms with E-state index >= 15 is 0 Å². The van der Waals surface area contributed by atoms with Crippen LogP contribution in [0, 0.1) is 6.92 Å². The number of nitrogens with zero attached hydrogens (tertiary/aromatic N) is 1. The third kappa shape index (κ3) is 3.38. The number of amides is 1. The van der Waals surface area contributed by atoms with Crippen molar-refractivity contribution in [2.75, 3.05) is 12.3 Å². The summed E-state index contributed by atoms with van der Waals surface area (Å²) in [5, 5.41) is 10.9. The molecule has 1 fully saturated rings. The van der Waals surface area contributed by atoms with Gasteiger partial charge in [-0.3, -0.25) is 4.79 Å². The molecule has 1 aromatic heterocycles. The first-order valence-electron chi connectivity index (χ1n) is 6.52. The predicted molar refractivity (Wildman–Crippen MR) is 75.1 cm³/mol. The lowest BCUT2D eigenvalue weighted by molar-refractivity contribution is 0.0694. The Morgan fingerprint density at radius 3 is 2.67 bits per heavy atom. The summed E-state index contributed by atoms with van der Waals surface area (Å²) in [6, 6.07) is 2.63. The van der Waals surface area contributed by atoms with E-state index in [2.05, 4.69) is 10.3 Å². The molecule has 1 saturated heterocycles. The van der Waals surface area contributed by atoms with Crippen molar-refractivity contribution in [2.45, 2.75) is 25.0 Å². The second-order valence-corrected chi connectivity index (χ2v) is 7.38. The first-order chi connectivity index (χ1) is 9.81. The Morgan fingerprint density at radius 2 is 2.14 bits per heavy atom. The number of sulfone groups is 1. The lowest BCUT2D eigenvalue weighted by Gasteiger charge is -2.11. The minimum atomic E-state index is -3.10. The van der Waals surface area contributed by atoms with Crippen LogP contribution in [0.1, 0.15) is 39.4 Å². The Balaban J connectivity index is 2.04. The summed E-state index contributed by atoms with van der Waals surface area (Å²) in [6.45, 7) is 1.56. The first-order valence-corrected chi connectivity index (χ1v) is 8.23. The molecule has 1 amide bonds. The van der Waals surface area contributed by atoms with Crippen molar-refractivity contribution in [3.8, 4) is 0 Å². The molecule has 2 N–H and O–H groups in total. The molecule has 21 heavy (non-hydrogen) atoms. The number of hydrogen-bond donors (Lipinski definition) is 2. The van der Waals surface area contributed by atoms with Crippen molar-refractivity contribution in [2.24, 2.45) is 0 Å². The van der Waals surface area contributed by atoms with Crippen LogP contribution >= 0.6 is 0 Å². The number of aromatic nitrogens is 1. The predicted octanol–water partition coefficient (Wildman–Crippen LogP) is 0.395. The van der Waals surface area contributed by atoms with E-state index in [-0.39, 0.29) is 29.2 Å². The molecule has 2 heterocycles. The summed E-state index contributed by atoms with van der Waals surface area (Å²) in [5.41, 5.74) is 0.349. The highest BCUT2D eigenvalue weighted by atomic mass is 32.2. The zero-order valence-electron chi connectivity index (χ0n) is 11.5. The van der Waals surface area contributed by atoms with E-state index < -0.39 is 27.0 Å². The topological polar surface area (TPSA) is 113 Å². The van der Waals surface area contributed by atoms with E-state index in [1.807, 2.05) is 0 Å². The number of pyridine rings is 1. The average Bonchev–Trinajstić information content (AvgIpc) is 2.74. The van der Waals surface area contributed by atoms with Gasteiger partial charge in [0.1, 0.15) is 5.69 Å². The number of rotatable bonds is 4. The Morgan fingerprint density at radius 1 is 1.43 bits per heavy atom. The summed E-state index contributed by atoms with van der Waals surface area (Å²) in [5.74, 6) is -1.45. The average molecular weight is 312 g/mol. The molecule has 0 bridgehead atoms. The zero-order chi connectivity index (χ0) is 15.6. The fourth-order valence-electron chi connectivity index (χ4n) is 2.30. The highest BCUT2D eigenvalue weighted by Gasteiger charge is 2.31. The van der Waals surface area contributed by atoms with Gasteiger partial charge in [-0.25, -0.2) is 18.2 Å². The second kappa shape index (κ2) is 5.80. The normalized spacial score (nSPS) is 20.1. The summed E-state index contributed by atoms with van der Waals surface area (Å²) in [4.78, 5) is 26.7. The lowest BCUT2D eigenvalue weighted by Crippen LogP contribution is -2.35. The number of hydrogen-bond acceptors (Lipinski definition) is 5. The molecule has 0 spiro atoms. The maximum absolute atomic E-state index is 11.9. The number of carboxylic acids is 1. The van der Waals surface area contributed by atoms with E-state index in [9.17, 15) is 18.0 Å². The fraction of sp³-hybridized carbons (Fsp3) is 0.462. The molecule has 1 aromatic rings. The Hall–Kier alpha value is -1.96. The van der Waals surface area contributed by atoms with E-state index in [1.165, 1.54) is 19.1 Å². The van der Waals surface area contributed by atoms with Gasteiger partial charge in [0.05, 0.1) is 22.3 Å². The van der Waals surface area contributed by atoms with E-state index in [0.717, 1.165) is 0 Å². The fourth-order valence-corrected chi connectivity index (χ4v) is 4.06. The van der Waals surface area contributed by atoms with Gasteiger partial charge in [-0.15, -0.1) is 0 Å². The summed E-state index contributed by atoms with van der Waals surface area (Å²) in [7, 11) is -3.10. The van der Waals surface area contributed by atoms with Crippen molar-refractivity contribution in [3.63, 3.8) is 0 Å². The van der Waals surface area contributed by atoms with Gasteiger partial charge < -0.3 is 10.4 Å². The van der Waals surface area contributed by atoms with Crippen LogP contribution in [0.2, 0.25) is 0 Å². The monoisotopic (exact) mass is 312 g/mol. The zero-order valence-corrected chi connectivity index (χ0v) is 12.3. The number of carboxylic acid groups (broad SMARTS) is 1. The van der Waals surface area contributed by atoms with Crippen LogP contribution in [0.5, 0.6) is 0 Å². The highest BCUT2D eigenvalue weighted by Crippen LogP contribution is 2.19. The van der Waals surface area contributed by atoms with Gasteiger partial charge in [0.25, 0.3) is 5.91 Å². The van der Waals surface area contributed by atoms with Gasteiger partial charge in [-0.1, -0.05) is 0 Å². The Kier molecular flexibility index (Phi) is 4.26. The van der Waals surface area contributed by atoms with Crippen LogP contribution in [0.25, 0.3) is 0 Å². The number of aryl methyl sites for hydroxylation is 1. The smallest absolute Gasteiger partial charge is 0.337 e. The third-order valence-corrected chi connectivity index (χ3v) is 5.78. The molecular weight excluding hydrogens is 296 g/mol. The van der Waals surface area contributed by atoms with Crippen molar-refractivity contribution >= 4 is 21.7 Å². The molecule has 8 heteroatoms. The van der Waals surface area contributed by atoms with E-state index in [4.69, 9.17) is 5.11 Å². The summed E-state index contributed by atoms with van der Waals surface area (Å²) >= 11 is 0. The molecule has 0 aromatic carbocycles. The Labute approximate surface area is 122 Å². The minimum absolute atomic E-state index is 0.0323. The van der Waals surface area contributed by atoms with Crippen LogP contribution < -0.4 is 5.32 Å². The standard InChI is InChI=1S/C13H16N2O5S/c1-8-10(13(17)18)4-5-11(15-8)12(16)14-7-9-3-2-6-21(9,19)20/h4-5,9H,2-3,6-7H2,1H3,(H,14,16)(H,17,18). The van der Waals surface area contributed by atoms with Gasteiger partial charge >= 0.3 is 5.97 Å². The highest BCUT2D eigenvalue weighted by molar-refractivity contribution is 7.92. The molecule has 1 atom stereocenters. The molecule has 0 radical (unpaired) electrons. The number of carbonyl (C=O) groups is 2. The van der Waals surface area contributed by atoms with Crippen LogP contribution in [-0.4, -0.2) is 47.9 Å². The van der Waals surface area contributed by atoms with E-state index in [0.29, 0.717) is 12.8 Å². The van der Waals surface area contributed by atoms with Crippen LogP contribution in [-0.2, 0) is 9.84 Å².